The molecule has 2 nitrogen and oxygen atoms in total. The molecular formula is C17H30N2S. The predicted octanol–water partition coefficient (Wildman–Crippen LogP) is 4.26. The average molecular weight is 295 g/mol. The van der Waals surface area contributed by atoms with E-state index in [9.17, 15) is 0 Å². The second-order valence-corrected chi connectivity index (χ2v) is 7.50. The SMILES string of the molecule is CCCNCc1ccc(CN(C)CC2CCCCC2)s1. The highest BCUT2D eigenvalue weighted by Gasteiger charge is 2.15. The van der Waals surface area contributed by atoms with Crippen LogP contribution in [0.1, 0.15) is 55.2 Å². The Morgan fingerprint density at radius 1 is 1.20 bits per heavy atom. The summed E-state index contributed by atoms with van der Waals surface area (Å²) >= 11 is 1.97. The Balaban J connectivity index is 1.71. The number of nitrogens with one attached hydrogen (secondary N) is 1. The van der Waals surface area contributed by atoms with Crippen LogP contribution in [0.3, 0.4) is 0 Å². The molecule has 1 aliphatic rings. The highest BCUT2D eigenvalue weighted by molar-refractivity contribution is 7.11. The summed E-state index contributed by atoms with van der Waals surface area (Å²) in [7, 11) is 2.28. The molecule has 0 aliphatic heterocycles. The average Bonchev–Trinajstić information content (AvgIpc) is 2.87. The Kier molecular flexibility index (Phi) is 7.05. The third-order valence-corrected chi connectivity index (χ3v) is 5.23. The van der Waals surface area contributed by atoms with Gasteiger partial charge in [0.05, 0.1) is 0 Å². The zero-order valence-electron chi connectivity index (χ0n) is 13.2. The van der Waals surface area contributed by atoms with Crippen LogP contribution in [-0.2, 0) is 13.1 Å². The quantitative estimate of drug-likeness (QED) is 0.721. The van der Waals surface area contributed by atoms with Crippen LogP contribution in [0, 0.1) is 5.92 Å². The minimum absolute atomic E-state index is 0.944. The van der Waals surface area contributed by atoms with E-state index in [1.54, 1.807) is 0 Å². The Labute approximate surface area is 128 Å². The van der Waals surface area contributed by atoms with Gasteiger partial charge in [-0.1, -0.05) is 26.2 Å². The van der Waals surface area contributed by atoms with Crippen LogP contribution in [0.15, 0.2) is 12.1 Å². The first kappa shape index (κ1) is 16.0. The molecule has 1 saturated carbocycles. The van der Waals surface area contributed by atoms with Gasteiger partial charge < -0.3 is 10.2 Å². The van der Waals surface area contributed by atoms with Gasteiger partial charge in [0.25, 0.3) is 0 Å². The van der Waals surface area contributed by atoms with E-state index in [0.29, 0.717) is 0 Å². The molecule has 114 valence electrons. The van der Waals surface area contributed by atoms with Crippen molar-refractivity contribution in [1.82, 2.24) is 10.2 Å². The van der Waals surface area contributed by atoms with Crippen molar-refractivity contribution >= 4 is 11.3 Å². The van der Waals surface area contributed by atoms with Gasteiger partial charge >= 0.3 is 0 Å². The molecule has 2 rings (SSSR count). The fraction of sp³-hybridized carbons (Fsp3) is 0.765. The molecule has 0 unspecified atom stereocenters. The summed E-state index contributed by atoms with van der Waals surface area (Å²) in [6.07, 6.45) is 8.46. The van der Waals surface area contributed by atoms with E-state index in [0.717, 1.165) is 25.6 Å². The van der Waals surface area contributed by atoms with Crippen LogP contribution in [0.25, 0.3) is 0 Å². The van der Waals surface area contributed by atoms with E-state index in [-0.39, 0.29) is 0 Å². The molecule has 1 fully saturated rings. The number of rotatable bonds is 8. The smallest absolute Gasteiger partial charge is 0.0325 e. The third-order valence-electron chi connectivity index (χ3n) is 4.16. The van der Waals surface area contributed by atoms with Gasteiger partial charge in [0.15, 0.2) is 0 Å². The normalized spacial score (nSPS) is 16.9. The second-order valence-electron chi connectivity index (χ2n) is 6.25. The predicted molar refractivity (Wildman–Crippen MR) is 89.2 cm³/mol. The van der Waals surface area contributed by atoms with Crippen molar-refractivity contribution in [2.24, 2.45) is 5.92 Å². The first-order valence-electron chi connectivity index (χ1n) is 8.24. The Hall–Kier alpha value is -0.380. The third kappa shape index (κ3) is 5.55. The summed E-state index contributed by atoms with van der Waals surface area (Å²) in [5.41, 5.74) is 0. The molecule has 0 amide bonds. The fourth-order valence-corrected chi connectivity index (χ4v) is 4.20. The molecule has 1 aromatic heterocycles. The zero-order valence-corrected chi connectivity index (χ0v) is 14.0. The van der Waals surface area contributed by atoms with E-state index < -0.39 is 0 Å². The molecule has 0 radical (unpaired) electrons. The van der Waals surface area contributed by atoms with E-state index >= 15 is 0 Å². The Bertz CT molecular complexity index is 369. The summed E-state index contributed by atoms with van der Waals surface area (Å²) in [6.45, 7) is 6.77. The molecule has 1 aromatic rings. The van der Waals surface area contributed by atoms with E-state index in [1.807, 2.05) is 11.3 Å². The lowest BCUT2D eigenvalue weighted by atomic mass is 9.89. The van der Waals surface area contributed by atoms with E-state index in [4.69, 9.17) is 0 Å². The van der Waals surface area contributed by atoms with Gasteiger partial charge in [-0.3, -0.25) is 0 Å². The summed E-state index contributed by atoms with van der Waals surface area (Å²) < 4.78 is 0. The number of hydrogen-bond donors (Lipinski definition) is 1. The van der Waals surface area contributed by atoms with Crippen molar-refractivity contribution in [1.29, 1.82) is 0 Å². The zero-order chi connectivity index (χ0) is 14.2. The minimum atomic E-state index is 0.944. The van der Waals surface area contributed by atoms with Crippen LogP contribution < -0.4 is 5.32 Å². The highest BCUT2D eigenvalue weighted by atomic mass is 32.1. The lowest BCUT2D eigenvalue weighted by Crippen LogP contribution is -2.26. The topological polar surface area (TPSA) is 15.3 Å². The second kappa shape index (κ2) is 8.81. The van der Waals surface area contributed by atoms with Crippen molar-refractivity contribution in [3.63, 3.8) is 0 Å². The van der Waals surface area contributed by atoms with E-state index in [1.165, 1.54) is 54.8 Å². The number of nitrogens with zero attached hydrogens (tertiary/aromatic N) is 1. The molecule has 0 atom stereocenters. The maximum Gasteiger partial charge on any atom is 0.0325 e. The van der Waals surface area contributed by atoms with Crippen LogP contribution in [0.4, 0.5) is 0 Å². The monoisotopic (exact) mass is 294 g/mol. The summed E-state index contributed by atoms with van der Waals surface area (Å²) in [5.74, 6) is 0.944. The molecule has 1 heterocycles. The molecule has 0 spiro atoms. The standard InChI is InChI=1S/C17H30N2S/c1-3-11-18-12-16-9-10-17(20-16)14-19(2)13-15-7-5-4-6-8-15/h9-10,15,18H,3-8,11-14H2,1-2H3. The molecule has 3 heteroatoms. The van der Waals surface area contributed by atoms with Crippen molar-refractivity contribution in [2.45, 2.75) is 58.5 Å². The summed E-state index contributed by atoms with van der Waals surface area (Å²) in [6, 6.07) is 4.60. The van der Waals surface area contributed by atoms with Crippen molar-refractivity contribution in [3.8, 4) is 0 Å². The van der Waals surface area contributed by atoms with E-state index in [2.05, 4.69) is 36.3 Å². The maximum atomic E-state index is 3.48. The minimum Gasteiger partial charge on any atom is -0.312 e. The van der Waals surface area contributed by atoms with Gasteiger partial charge in [0, 0.05) is 29.4 Å². The highest BCUT2D eigenvalue weighted by Crippen LogP contribution is 2.25. The van der Waals surface area contributed by atoms with Gasteiger partial charge in [-0.25, -0.2) is 0 Å². The Morgan fingerprint density at radius 2 is 1.95 bits per heavy atom. The lowest BCUT2D eigenvalue weighted by Gasteiger charge is -2.26. The molecule has 20 heavy (non-hydrogen) atoms. The van der Waals surface area contributed by atoms with Gasteiger partial charge in [-0.15, -0.1) is 11.3 Å². The van der Waals surface area contributed by atoms with Crippen molar-refractivity contribution in [3.05, 3.63) is 21.9 Å². The maximum absolute atomic E-state index is 3.48. The summed E-state index contributed by atoms with van der Waals surface area (Å²) in [4.78, 5) is 5.50. The lowest BCUT2D eigenvalue weighted by molar-refractivity contribution is 0.229. The van der Waals surface area contributed by atoms with Gasteiger partial charge in [0.1, 0.15) is 0 Å². The molecule has 0 aromatic carbocycles. The van der Waals surface area contributed by atoms with Crippen molar-refractivity contribution in [2.75, 3.05) is 20.1 Å². The largest absolute Gasteiger partial charge is 0.312 e. The fourth-order valence-electron chi connectivity index (χ4n) is 3.13. The van der Waals surface area contributed by atoms with Crippen LogP contribution >= 0.6 is 11.3 Å². The van der Waals surface area contributed by atoms with Gasteiger partial charge in [-0.05, 0) is 50.9 Å². The Morgan fingerprint density at radius 3 is 2.70 bits per heavy atom. The van der Waals surface area contributed by atoms with Crippen LogP contribution in [0.5, 0.6) is 0 Å². The molecule has 1 aliphatic carbocycles. The van der Waals surface area contributed by atoms with Crippen molar-refractivity contribution < 1.29 is 0 Å². The number of thiophene rings is 1. The van der Waals surface area contributed by atoms with Crippen LogP contribution in [0.2, 0.25) is 0 Å². The first-order valence-corrected chi connectivity index (χ1v) is 9.06. The number of hydrogen-bond acceptors (Lipinski definition) is 3. The first-order chi connectivity index (χ1) is 9.78. The van der Waals surface area contributed by atoms with Gasteiger partial charge in [0.2, 0.25) is 0 Å². The van der Waals surface area contributed by atoms with Gasteiger partial charge in [-0.2, -0.15) is 0 Å². The molecule has 0 saturated heterocycles. The van der Waals surface area contributed by atoms with Crippen LogP contribution in [-0.4, -0.2) is 25.0 Å². The molecule has 0 bridgehead atoms. The molecular weight excluding hydrogens is 264 g/mol. The summed E-state index contributed by atoms with van der Waals surface area (Å²) in [5, 5.41) is 3.48. The molecule has 1 N–H and O–H groups in total.